The SMILES string of the molecule is O=C(O)C(OC1=CC(C(F)(F)F)=CCC=C1)/C1=C/CCC(Cl)/C=C\C1. The Kier molecular flexibility index (Phi) is 6.53. The van der Waals surface area contributed by atoms with Crippen LogP contribution in [0.1, 0.15) is 25.7 Å². The Morgan fingerprint density at radius 1 is 1.32 bits per heavy atom. The third-order valence-corrected chi connectivity index (χ3v) is 4.11. The standard InChI is InChI=1S/C18H18ClF3O3/c19-14-8-3-5-12(6-4-9-14)16(17(23)24)25-15-10-2-1-7-13(11-15)18(20,21)22/h2-3,6-8,10-11,14,16H,1,4-5,9H2,(H,23,24)/b8-3-,12-6+. The van der Waals surface area contributed by atoms with Crippen LogP contribution >= 0.6 is 11.6 Å². The van der Waals surface area contributed by atoms with Crippen molar-refractivity contribution in [2.24, 2.45) is 0 Å². The highest BCUT2D eigenvalue weighted by Gasteiger charge is 2.33. The van der Waals surface area contributed by atoms with E-state index in [9.17, 15) is 23.1 Å². The van der Waals surface area contributed by atoms with Crippen molar-refractivity contribution in [3.63, 3.8) is 0 Å². The minimum Gasteiger partial charge on any atom is -0.478 e. The van der Waals surface area contributed by atoms with Crippen molar-refractivity contribution in [1.82, 2.24) is 0 Å². The number of carboxylic acid groups (broad SMARTS) is 1. The van der Waals surface area contributed by atoms with Crippen LogP contribution in [-0.4, -0.2) is 28.7 Å². The fourth-order valence-corrected chi connectivity index (χ4v) is 2.73. The molecule has 0 bridgehead atoms. The zero-order valence-electron chi connectivity index (χ0n) is 13.3. The summed E-state index contributed by atoms with van der Waals surface area (Å²) >= 11 is 6.02. The maximum absolute atomic E-state index is 12.9. The van der Waals surface area contributed by atoms with Crippen LogP contribution in [0.5, 0.6) is 0 Å². The summed E-state index contributed by atoms with van der Waals surface area (Å²) in [6, 6.07) is 0. The van der Waals surface area contributed by atoms with Crippen LogP contribution in [0.2, 0.25) is 0 Å². The average Bonchev–Trinajstić information content (AvgIpc) is 2.74. The van der Waals surface area contributed by atoms with Crippen LogP contribution in [-0.2, 0) is 9.53 Å². The van der Waals surface area contributed by atoms with Gasteiger partial charge in [0.05, 0.1) is 11.0 Å². The minimum absolute atomic E-state index is 0.0957. The van der Waals surface area contributed by atoms with Crippen molar-refractivity contribution < 1.29 is 27.8 Å². The number of hydrogen-bond donors (Lipinski definition) is 1. The summed E-state index contributed by atoms with van der Waals surface area (Å²) < 4.78 is 44.2. The van der Waals surface area contributed by atoms with E-state index < -0.39 is 23.8 Å². The molecule has 0 saturated heterocycles. The number of halogens is 4. The van der Waals surface area contributed by atoms with Crippen LogP contribution in [0.3, 0.4) is 0 Å². The molecule has 0 fully saturated rings. The van der Waals surface area contributed by atoms with Crippen molar-refractivity contribution in [2.45, 2.75) is 43.3 Å². The molecule has 1 N–H and O–H groups in total. The maximum Gasteiger partial charge on any atom is 0.416 e. The molecule has 0 radical (unpaired) electrons. The second-order valence-corrected chi connectivity index (χ2v) is 6.24. The highest BCUT2D eigenvalue weighted by atomic mass is 35.5. The van der Waals surface area contributed by atoms with Gasteiger partial charge in [-0.15, -0.1) is 11.6 Å². The van der Waals surface area contributed by atoms with Crippen molar-refractivity contribution in [3.05, 3.63) is 59.4 Å². The predicted molar refractivity (Wildman–Crippen MR) is 89.2 cm³/mol. The second-order valence-electron chi connectivity index (χ2n) is 5.68. The molecule has 0 saturated carbocycles. The van der Waals surface area contributed by atoms with Gasteiger partial charge < -0.3 is 9.84 Å². The first kappa shape index (κ1) is 19.4. The molecule has 25 heavy (non-hydrogen) atoms. The average molecular weight is 375 g/mol. The van der Waals surface area contributed by atoms with Gasteiger partial charge in [-0.3, -0.25) is 0 Å². The van der Waals surface area contributed by atoms with Crippen LogP contribution < -0.4 is 0 Å². The number of hydrogen-bond acceptors (Lipinski definition) is 2. The number of rotatable bonds is 4. The number of alkyl halides is 4. The molecule has 2 aliphatic rings. The molecule has 2 atom stereocenters. The van der Waals surface area contributed by atoms with Gasteiger partial charge in [-0.2, -0.15) is 13.2 Å². The Labute approximate surface area is 148 Å². The lowest BCUT2D eigenvalue weighted by molar-refractivity contribution is -0.145. The zero-order chi connectivity index (χ0) is 18.4. The highest BCUT2D eigenvalue weighted by Crippen LogP contribution is 2.30. The number of carbonyl (C=O) groups is 1. The summed E-state index contributed by atoms with van der Waals surface area (Å²) in [6.45, 7) is 0. The molecule has 0 amide bonds. The van der Waals surface area contributed by atoms with Crippen LogP contribution in [0, 0.1) is 0 Å². The molecule has 136 valence electrons. The molecule has 0 aliphatic heterocycles. The van der Waals surface area contributed by atoms with Gasteiger partial charge in [0, 0.05) is 0 Å². The lowest BCUT2D eigenvalue weighted by Gasteiger charge is -2.20. The number of ether oxygens (including phenoxy) is 1. The molecule has 3 nitrogen and oxygen atoms in total. The van der Waals surface area contributed by atoms with E-state index in [0.717, 1.165) is 12.2 Å². The third-order valence-electron chi connectivity index (χ3n) is 3.74. The number of allylic oxidation sites excluding steroid dienone is 8. The largest absolute Gasteiger partial charge is 0.478 e. The zero-order valence-corrected chi connectivity index (χ0v) is 14.1. The van der Waals surface area contributed by atoms with E-state index in [0.29, 0.717) is 24.8 Å². The minimum atomic E-state index is -4.52. The lowest BCUT2D eigenvalue weighted by Crippen LogP contribution is -2.26. The molecule has 2 unspecified atom stereocenters. The Bertz CT molecular complexity index is 657. The van der Waals surface area contributed by atoms with E-state index in [1.807, 2.05) is 0 Å². The summed E-state index contributed by atoms with van der Waals surface area (Å²) in [6.07, 6.45) is 5.75. The van der Waals surface area contributed by atoms with Gasteiger partial charge >= 0.3 is 12.1 Å². The smallest absolute Gasteiger partial charge is 0.416 e. The molecule has 0 aromatic carbocycles. The normalized spacial score (nSPS) is 26.1. The van der Waals surface area contributed by atoms with Crippen molar-refractivity contribution in [2.75, 3.05) is 0 Å². The summed E-state index contributed by atoms with van der Waals surface area (Å²) in [4.78, 5) is 11.6. The van der Waals surface area contributed by atoms with Gasteiger partial charge in [0.1, 0.15) is 5.76 Å². The molecule has 2 aliphatic carbocycles. The molecule has 0 spiro atoms. The van der Waals surface area contributed by atoms with Crippen molar-refractivity contribution >= 4 is 17.6 Å². The Morgan fingerprint density at radius 2 is 2.08 bits per heavy atom. The first-order chi connectivity index (χ1) is 11.8. The van der Waals surface area contributed by atoms with E-state index in [1.54, 1.807) is 18.2 Å². The Morgan fingerprint density at radius 3 is 2.76 bits per heavy atom. The highest BCUT2D eigenvalue weighted by molar-refractivity contribution is 6.21. The lowest BCUT2D eigenvalue weighted by atomic mass is 10.00. The third kappa shape index (κ3) is 5.81. The van der Waals surface area contributed by atoms with Crippen molar-refractivity contribution in [3.8, 4) is 0 Å². The van der Waals surface area contributed by atoms with E-state index in [-0.39, 0.29) is 17.6 Å². The van der Waals surface area contributed by atoms with Gasteiger partial charge in [0.2, 0.25) is 6.10 Å². The topological polar surface area (TPSA) is 46.5 Å². The Balaban J connectivity index is 2.22. The van der Waals surface area contributed by atoms with Crippen LogP contribution in [0.15, 0.2) is 59.4 Å². The predicted octanol–water partition coefficient (Wildman–Crippen LogP) is 5.06. The van der Waals surface area contributed by atoms with E-state index in [2.05, 4.69) is 0 Å². The molecule has 7 heteroatoms. The number of carboxylic acids is 1. The number of aliphatic carboxylic acids is 1. The fraction of sp³-hybridized carbons (Fsp3) is 0.389. The van der Waals surface area contributed by atoms with E-state index in [1.165, 1.54) is 12.2 Å². The van der Waals surface area contributed by atoms with Gasteiger partial charge in [-0.1, -0.05) is 30.4 Å². The van der Waals surface area contributed by atoms with Crippen molar-refractivity contribution in [1.29, 1.82) is 0 Å². The van der Waals surface area contributed by atoms with Gasteiger partial charge in [-0.25, -0.2) is 4.79 Å². The molecule has 0 aromatic heterocycles. The molecule has 0 heterocycles. The second kappa shape index (κ2) is 8.43. The summed E-state index contributed by atoms with van der Waals surface area (Å²) in [5, 5.41) is 9.35. The van der Waals surface area contributed by atoms with Gasteiger partial charge in [0.15, 0.2) is 0 Å². The van der Waals surface area contributed by atoms with Crippen LogP contribution in [0.25, 0.3) is 0 Å². The summed E-state index contributed by atoms with van der Waals surface area (Å²) in [5.74, 6) is -1.38. The molecular weight excluding hydrogens is 357 g/mol. The fourth-order valence-electron chi connectivity index (χ4n) is 2.50. The van der Waals surface area contributed by atoms with E-state index in [4.69, 9.17) is 16.3 Å². The molecule has 2 rings (SSSR count). The monoisotopic (exact) mass is 374 g/mol. The van der Waals surface area contributed by atoms with E-state index >= 15 is 0 Å². The first-order valence-corrected chi connectivity index (χ1v) is 8.25. The first-order valence-electron chi connectivity index (χ1n) is 7.82. The Hall–Kier alpha value is -1.95. The quantitative estimate of drug-likeness (QED) is 0.552. The molecular formula is C18H18ClF3O3. The summed E-state index contributed by atoms with van der Waals surface area (Å²) in [5.41, 5.74) is -0.364. The van der Waals surface area contributed by atoms with Gasteiger partial charge in [-0.05, 0) is 43.4 Å². The van der Waals surface area contributed by atoms with Crippen LogP contribution in [0.4, 0.5) is 13.2 Å². The van der Waals surface area contributed by atoms with Gasteiger partial charge in [0.25, 0.3) is 0 Å². The maximum atomic E-state index is 12.9. The molecule has 0 aromatic rings. The summed E-state index contributed by atoms with van der Waals surface area (Å²) in [7, 11) is 0.